The monoisotopic (exact) mass is 355 g/mol. The van der Waals surface area contributed by atoms with Crippen LogP contribution in [0.25, 0.3) is 0 Å². The van der Waals surface area contributed by atoms with Gasteiger partial charge in [0.1, 0.15) is 5.75 Å². The van der Waals surface area contributed by atoms with E-state index in [0.717, 1.165) is 22.6 Å². The van der Waals surface area contributed by atoms with Gasteiger partial charge in [0, 0.05) is 25.1 Å². The normalized spacial score (nSPS) is 15.5. The summed E-state index contributed by atoms with van der Waals surface area (Å²) in [6.07, 6.45) is -0.531. The van der Waals surface area contributed by atoms with Gasteiger partial charge in [-0.25, -0.2) is 4.68 Å². The minimum atomic E-state index is -0.531. The highest BCUT2D eigenvalue weighted by molar-refractivity contribution is 5.81. The molecule has 0 spiro atoms. The fraction of sp³-hybridized carbons (Fsp3) is 0.450. The molecule has 1 saturated heterocycles. The zero-order chi connectivity index (χ0) is 18.8. The molecule has 6 nitrogen and oxygen atoms in total. The lowest BCUT2D eigenvalue weighted by Crippen LogP contribution is -2.55. The fourth-order valence-electron chi connectivity index (χ4n) is 3.12. The van der Waals surface area contributed by atoms with E-state index >= 15 is 0 Å². The van der Waals surface area contributed by atoms with Gasteiger partial charge >= 0.3 is 0 Å². The summed E-state index contributed by atoms with van der Waals surface area (Å²) in [7, 11) is 0. The van der Waals surface area contributed by atoms with Crippen LogP contribution in [0, 0.1) is 26.7 Å². The molecule has 0 N–H and O–H groups in total. The third kappa shape index (κ3) is 3.95. The Kier molecular flexibility index (Phi) is 5.11. The van der Waals surface area contributed by atoms with Crippen LogP contribution in [0.3, 0.4) is 0 Å². The summed E-state index contributed by atoms with van der Waals surface area (Å²) in [5, 5.41) is 4.25. The molecule has 0 radical (unpaired) electrons. The highest BCUT2D eigenvalue weighted by Crippen LogP contribution is 2.23. The first-order valence-electron chi connectivity index (χ1n) is 8.91. The number of carbonyl (C=O) groups excluding carboxylic acids is 1. The summed E-state index contributed by atoms with van der Waals surface area (Å²) in [5.74, 6) is 0.976. The van der Waals surface area contributed by atoms with Crippen LogP contribution >= 0.6 is 0 Å². The Morgan fingerprint density at radius 2 is 1.96 bits per heavy atom. The topological polar surface area (TPSA) is 64.4 Å². The van der Waals surface area contributed by atoms with Crippen molar-refractivity contribution in [2.45, 2.75) is 40.3 Å². The lowest BCUT2D eigenvalue weighted by atomic mass is 9.99. The second kappa shape index (κ2) is 7.32. The van der Waals surface area contributed by atoms with Crippen LogP contribution in [0.1, 0.15) is 23.7 Å². The molecule has 1 aromatic carbocycles. The molecule has 26 heavy (non-hydrogen) atoms. The second-order valence-corrected chi connectivity index (χ2v) is 7.13. The van der Waals surface area contributed by atoms with Gasteiger partial charge < -0.3 is 9.64 Å². The maximum Gasteiger partial charge on any atom is 0.266 e. The zero-order valence-electron chi connectivity index (χ0n) is 15.7. The lowest BCUT2D eigenvalue weighted by Gasteiger charge is -2.40. The molecular formula is C20H25N3O3. The van der Waals surface area contributed by atoms with E-state index in [-0.39, 0.29) is 17.4 Å². The van der Waals surface area contributed by atoms with Crippen molar-refractivity contribution in [3.8, 4) is 5.75 Å². The fourth-order valence-corrected chi connectivity index (χ4v) is 3.12. The number of hydrogen-bond acceptors (Lipinski definition) is 4. The van der Waals surface area contributed by atoms with E-state index in [1.807, 2.05) is 39.0 Å². The molecule has 6 heteroatoms. The predicted molar refractivity (Wildman–Crippen MR) is 99.3 cm³/mol. The van der Waals surface area contributed by atoms with Crippen LogP contribution in [0.15, 0.2) is 35.1 Å². The Balaban J connectivity index is 1.55. The van der Waals surface area contributed by atoms with E-state index in [1.165, 1.54) is 10.7 Å². The van der Waals surface area contributed by atoms with Crippen LogP contribution < -0.4 is 10.3 Å². The highest BCUT2D eigenvalue weighted by Gasteiger charge is 2.34. The number of likely N-dealkylation sites (tertiary alicyclic amines) is 1. The molecule has 2 heterocycles. The first-order chi connectivity index (χ1) is 12.3. The van der Waals surface area contributed by atoms with Gasteiger partial charge in [0.25, 0.3) is 11.5 Å². The number of ether oxygens (including phenoxy) is 1. The summed E-state index contributed by atoms with van der Waals surface area (Å²) >= 11 is 0. The van der Waals surface area contributed by atoms with Crippen LogP contribution in [0.2, 0.25) is 0 Å². The van der Waals surface area contributed by atoms with Gasteiger partial charge in [0.2, 0.25) is 0 Å². The van der Waals surface area contributed by atoms with Crippen molar-refractivity contribution in [1.82, 2.24) is 14.7 Å². The number of benzene rings is 1. The zero-order valence-corrected chi connectivity index (χ0v) is 15.7. The molecule has 1 fully saturated rings. The highest BCUT2D eigenvalue weighted by atomic mass is 16.5. The van der Waals surface area contributed by atoms with E-state index in [1.54, 1.807) is 17.9 Å². The molecule has 0 bridgehead atoms. The van der Waals surface area contributed by atoms with Crippen LogP contribution in [0.4, 0.5) is 0 Å². The second-order valence-electron chi connectivity index (χ2n) is 7.13. The average Bonchev–Trinajstić information content (AvgIpc) is 2.56. The van der Waals surface area contributed by atoms with Crippen molar-refractivity contribution in [3.05, 3.63) is 57.5 Å². The number of aromatic nitrogens is 2. The maximum absolute atomic E-state index is 12.6. The average molecular weight is 355 g/mol. The SMILES string of the molecule is Cc1ccc(C)c(OC(C)C(=O)N2CC(Cn3nc(C)ccc3=O)C2)c1. The van der Waals surface area contributed by atoms with Crippen molar-refractivity contribution < 1.29 is 9.53 Å². The summed E-state index contributed by atoms with van der Waals surface area (Å²) < 4.78 is 7.36. The molecule has 1 unspecified atom stereocenters. The van der Waals surface area contributed by atoms with E-state index in [0.29, 0.717) is 19.6 Å². The summed E-state index contributed by atoms with van der Waals surface area (Å²) in [6, 6.07) is 9.21. The molecule has 1 amide bonds. The molecule has 1 aliphatic heterocycles. The van der Waals surface area contributed by atoms with Gasteiger partial charge in [-0.3, -0.25) is 9.59 Å². The Hall–Kier alpha value is -2.63. The minimum Gasteiger partial charge on any atom is -0.481 e. The molecule has 1 atom stereocenters. The van der Waals surface area contributed by atoms with Crippen LogP contribution in [-0.4, -0.2) is 39.8 Å². The molecular weight excluding hydrogens is 330 g/mol. The first kappa shape index (κ1) is 18.2. The van der Waals surface area contributed by atoms with Crippen molar-refractivity contribution >= 4 is 5.91 Å². The number of rotatable bonds is 5. The van der Waals surface area contributed by atoms with E-state index in [9.17, 15) is 9.59 Å². The minimum absolute atomic E-state index is 0.0216. The van der Waals surface area contributed by atoms with Crippen molar-refractivity contribution in [1.29, 1.82) is 0 Å². The summed E-state index contributed by atoms with van der Waals surface area (Å²) in [6.45, 7) is 9.40. The van der Waals surface area contributed by atoms with Crippen LogP contribution in [0.5, 0.6) is 5.75 Å². The smallest absolute Gasteiger partial charge is 0.266 e. The van der Waals surface area contributed by atoms with Crippen molar-refractivity contribution in [3.63, 3.8) is 0 Å². The van der Waals surface area contributed by atoms with Gasteiger partial charge in [-0.2, -0.15) is 5.10 Å². The van der Waals surface area contributed by atoms with Gasteiger partial charge in [0.05, 0.1) is 12.2 Å². The molecule has 1 aliphatic rings. The quantitative estimate of drug-likeness (QED) is 0.824. The van der Waals surface area contributed by atoms with E-state index in [2.05, 4.69) is 5.10 Å². The first-order valence-corrected chi connectivity index (χ1v) is 8.91. The number of carbonyl (C=O) groups is 1. The Morgan fingerprint density at radius 3 is 2.69 bits per heavy atom. The van der Waals surface area contributed by atoms with Gasteiger partial charge in [0.15, 0.2) is 6.10 Å². The third-order valence-electron chi connectivity index (χ3n) is 4.70. The number of amides is 1. The van der Waals surface area contributed by atoms with Gasteiger partial charge in [-0.1, -0.05) is 12.1 Å². The van der Waals surface area contributed by atoms with Gasteiger partial charge in [-0.05, 0) is 51.0 Å². The van der Waals surface area contributed by atoms with E-state index in [4.69, 9.17) is 4.74 Å². The third-order valence-corrected chi connectivity index (χ3v) is 4.70. The molecule has 3 rings (SSSR count). The van der Waals surface area contributed by atoms with Crippen molar-refractivity contribution in [2.24, 2.45) is 5.92 Å². The molecule has 1 aromatic heterocycles. The predicted octanol–water partition coefficient (Wildman–Crippen LogP) is 2.09. The lowest BCUT2D eigenvalue weighted by molar-refractivity contribution is -0.144. The number of hydrogen-bond donors (Lipinski definition) is 0. The van der Waals surface area contributed by atoms with Crippen molar-refractivity contribution in [2.75, 3.05) is 13.1 Å². The number of aryl methyl sites for hydroxylation is 3. The van der Waals surface area contributed by atoms with Gasteiger partial charge in [-0.15, -0.1) is 0 Å². The summed E-state index contributed by atoms with van der Waals surface area (Å²) in [4.78, 5) is 26.2. The largest absolute Gasteiger partial charge is 0.481 e. The maximum atomic E-state index is 12.6. The standard InChI is InChI=1S/C20H25N3O3/c1-13-5-6-14(2)18(9-13)26-16(4)20(25)22-10-17(11-22)12-23-19(24)8-7-15(3)21-23/h5-9,16-17H,10-12H2,1-4H3. The molecule has 0 aliphatic carbocycles. The summed E-state index contributed by atoms with van der Waals surface area (Å²) in [5.41, 5.74) is 2.83. The van der Waals surface area contributed by atoms with Crippen LogP contribution in [-0.2, 0) is 11.3 Å². The molecule has 2 aromatic rings. The Bertz CT molecular complexity index is 869. The van der Waals surface area contributed by atoms with E-state index < -0.39 is 6.10 Å². The Morgan fingerprint density at radius 1 is 1.23 bits per heavy atom. The number of nitrogens with zero attached hydrogens (tertiary/aromatic N) is 3. The Labute approximate surface area is 153 Å². The molecule has 138 valence electrons. The molecule has 0 saturated carbocycles.